The van der Waals surface area contributed by atoms with Crippen LogP contribution in [0.2, 0.25) is 0 Å². The molecule has 40 heavy (non-hydrogen) atoms. The van der Waals surface area contributed by atoms with Crippen molar-refractivity contribution in [3.63, 3.8) is 0 Å². The molecule has 0 aliphatic carbocycles. The minimum Gasteiger partial charge on any atom is -0.383 e. The van der Waals surface area contributed by atoms with Gasteiger partial charge in [-0.25, -0.2) is 0 Å². The first-order valence-corrected chi connectivity index (χ1v) is 14.6. The van der Waals surface area contributed by atoms with E-state index in [4.69, 9.17) is 0 Å². The molecular formula is C36H48N4+2. The van der Waals surface area contributed by atoms with Crippen molar-refractivity contribution in [1.82, 2.24) is 9.80 Å². The van der Waals surface area contributed by atoms with Crippen LogP contribution in [0.3, 0.4) is 0 Å². The third-order valence-electron chi connectivity index (χ3n) is 8.11. The highest BCUT2D eigenvalue weighted by molar-refractivity contribution is 6.03. The van der Waals surface area contributed by atoms with Crippen LogP contribution in [0.5, 0.6) is 0 Å². The number of nitrogens with zero attached hydrogens (tertiary/aromatic N) is 4. The van der Waals surface area contributed by atoms with Gasteiger partial charge in [0.25, 0.3) is 0 Å². The van der Waals surface area contributed by atoms with Crippen molar-refractivity contribution in [1.29, 1.82) is 0 Å². The number of unbranched alkanes of at least 4 members (excludes halogenated alkanes) is 1. The van der Waals surface area contributed by atoms with Gasteiger partial charge in [-0.3, -0.25) is 0 Å². The van der Waals surface area contributed by atoms with Gasteiger partial charge in [-0.1, -0.05) is 48.6 Å². The summed E-state index contributed by atoms with van der Waals surface area (Å²) in [4.78, 5) is 4.14. The molecule has 210 valence electrons. The van der Waals surface area contributed by atoms with Crippen LogP contribution >= 0.6 is 0 Å². The number of rotatable bonds is 11. The normalized spacial score (nSPS) is 17.7. The maximum absolute atomic E-state index is 2.55. The summed E-state index contributed by atoms with van der Waals surface area (Å²) in [5.74, 6) is 0. The number of allylic oxidation sites excluding steroid dienone is 6. The summed E-state index contributed by atoms with van der Waals surface area (Å²) in [6.45, 7) is 11.4. The summed E-state index contributed by atoms with van der Waals surface area (Å²) in [6.07, 6.45) is 19.6. The van der Waals surface area contributed by atoms with Gasteiger partial charge in [0, 0.05) is 76.4 Å². The topological polar surface area (TPSA) is 12.5 Å². The van der Waals surface area contributed by atoms with E-state index in [-0.39, 0.29) is 10.8 Å². The fourth-order valence-electron chi connectivity index (χ4n) is 6.04. The Morgan fingerprint density at radius 2 is 0.950 bits per heavy atom. The first-order valence-electron chi connectivity index (χ1n) is 14.6. The lowest BCUT2D eigenvalue weighted by Crippen LogP contribution is -2.28. The molecule has 0 unspecified atom stereocenters. The fourth-order valence-corrected chi connectivity index (χ4v) is 6.04. The third-order valence-corrected chi connectivity index (χ3v) is 8.11. The summed E-state index contributed by atoms with van der Waals surface area (Å²) in [7, 11) is 8.21. The van der Waals surface area contributed by atoms with Crippen LogP contribution in [0.4, 0.5) is 11.4 Å². The molecule has 2 aliphatic heterocycles. The van der Waals surface area contributed by atoms with Gasteiger partial charge in [0.1, 0.15) is 13.1 Å². The van der Waals surface area contributed by atoms with E-state index in [1.165, 1.54) is 33.9 Å². The molecule has 4 rings (SSSR count). The van der Waals surface area contributed by atoms with E-state index < -0.39 is 0 Å². The van der Waals surface area contributed by atoms with E-state index in [1.807, 2.05) is 0 Å². The average Bonchev–Trinajstić information content (AvgIpc) is 3.25. The van der Waals surface area contributed by atoms with E-state index in [0.29, 0.717) is 0 Å². The molecule has 0 amide bonds. The summed E-state index contributed by atoms with van der Waals surface area (Å²) in [6, 6.07) is 17.8. The molecule has 0 spiro atoms. The van der Waals surface area contributed by atoms with Gasteiger partial charge in [0.2, 0.25) is 11.4 Å². The minimum absolute atomic E-state index is 0.0250. The highest BCUT2D eigenvalue weighted by Gasteiger charge is 2.45. The van der Waals surface area contributed by atoms with E-state index >= 15 is 0 Å². The standard InChI is InChI=1S/C36H48N4/c1-35(2)29-19-9-11-21-31(29)39(33(35)23-13-15-25-37(5)6)27-17-18-28-40-32-22-12-10-20-30(32)36(3,4)34(40)24-14-16-26-38(7)8/h9-16,19-26H,17-18,27-28H2,1-8H3/q+2. The Morgan fingerprint density at radius 3 is 1.32 bits per heavy atom. The summed E-state index contributed by atoms with van der Waals surface area (Å²) >= 11 is 0. The zero-order valence-corrected chi connectivity index (χ0v) is 25.9. The van der Waals surface area contributed by atoms with E-state index in [0.717, 1.165) is 25.9 Å². The molecule has 0 saturated heterocycles. The number of fused-ring (bicyclic) bond motifs is 2. The van der Waals surface area contributed by atoms with Gasteiger partial charge in [0.15, 0.2) is 11.4 Å². The maximum Gasteiger partial charge on any atom is 0.209 e. The van der Waals surface area contributed by atoms with Gasteiger partial charge in [-0.15, -0.1) is 0 Å². The molecule has 2 aromatic carbocycles. The van der Waals surface area contributed by atoms with Crippen LogP contribution in [0.1, 0.15) is 51.7 Å². The Labute approximate surface area is 242 Å². The second-order valence-electron chi connectivity index (χ2n) is 12.4. The van der Waals surface area contributed by atoms with Gasteiger partial charge < -0.3 is 9.80 Å². The molecule has 0 aromatic heterocycles. The Bertz CT molecular complexity index is 1290. The molecule has 0 atom stereocenters. The molecular weight excluding hydrogens is 488 g/mol. The van der Waals surface area contributed by atoms with E-state index in [1.54, 1.807) is 0 Å². The zero-order valence-electron chi connectivity index (χ0n) is 25.9. The molecule has 0 saturated carbocycles. The molecule has 0 fully saturated rings. The average molecular weight is 537 g/mol. The summed E-state index contributed by atoms with van der Waals surface area (Å²) < 4.78 is 5.10. The fraction of sp³-hybridized carbons (Fsp3) is 0.389. The van der Waals surface area contributed by atoms with Crippen molar-refractivity contribution >= 4 is 22.8 Å². The Hall–Kier alpha value is -3.66. The lowest BCUT2D eigenvalue weighted by Gasteiger charge is -2.15. The second kappa shape index (κ2) is 12.2. The first-order chi connectivity index (χ1) is 19.0. The molecule has 4 heteroatoms. The van der Waals surface area contributed by atoms with E-state index in [2.05, 4.69) is 172 Å². The largest absolute Gasteiger partial charge is 0.383 e. The highest BCUT2D eigenvalue weighted by atomic mass is 15.1. The molecule has 2 heterocycles. The van der Waals surface area contributed by atoms with Crippen molar-refractivity contribution in [2.45, 2.75) is 51.4 Å². The number of para-hydroxylation sites is 2. The van der Waals surface area contributed by atoms with Crippen LogP contribution in [-0.4, -0.2) is 71.7 Å². The van der Waals surface area contributed by atoms with Crippen molar-refractivity contribution in [2.75, 3.05) is 41.3 Å². The predicted molar refractivity (Wildman–Crippen MR) is 172 cm³/mol. The minimum atomic E-state index is -0.0250. The molecule has 0 bridgehead atoms. The van der Waals surface area contributed by atoms with Crippen LogP contribution in [0.25, 0.3) is 0 Å². The molecule has 4 nitrogen and oxygen atoms in total. The lowest BCUT2D eigenvalue weighted by atomic mass is 9.81. The summed E-state index contributed by atoms with van der Waals surface area (Å²) in [5, 5.41) is 0. The Balaban J connectivity index is 1.58. The number of hydrogen-bond donors (Lipinski definition) is 0. The van der Waals surface area contributed by atoms with Crippen molar-refractivity contribution in [2.24, 2.45) is 0 Å². The van der Waals surface area contributed by atoms with Crippen LogP contribution < -0.4 is 0 Å². The first kappa shape index (κ1) is 29.3. The van der Waals surface area contributed by atoms with Crippen LogP contribution in [0.15, 0.2) is 97.4 Å². The van der Waals surface area contributed by atoms with Gasteiger partial charge >= 0.3 is 0 Å². The van der Waals surface area contributed by atoms with Crippen molar-refractivity contribution in [3.05, 3.63) is 109 Å². The number of hydrogen-bond acceptors (Lipinski definition) is 2. The Kier molecular flexibility index (Phi) is 8.98. The second-order valence-corrected chi connectivity index (χ2v) is 12.4. The molecule has 0 N–H and O–H groups in total. The third kappa shape index (κ3) is 6.06. The van der Waals surface area contributed by atoms with Crippen molar-refractivity contribution < 1.29 is 9.15 Å². The van der Waals surface area contributed by atoms with E-state index in [9.17, 15) is 0 Å². The molecule has 0 radical (unpaired) electrons. The smallest absolute Gasteiger partial charge is 0.209 e. The zero-order chi connectivity index (χ0) is 28.9. The molecule has 2 aliphatic rings. The molecule has 2 aromatic rings. The van der Waals surface area contributed by atoms with Gasteiger partial charge in [-0.05, 0) is 52.2 Å². The van der Waals surface area contributed by atoms with Crippen molar-refractivity contribution in [3.8, 4) is 0 Å². The predicted octanol–water partition coefficient (Wildman–Crippen LogP) is 7.18. The van der Waals surface area contributed by atoms with Gasteiger partial charge in [0.05, 0.1) is 10.8 Å². The monoisotopic (exact) mass is 536 g/mol. The highest BCUT2D eigenvalue weighted by Crippen LogP contribution is 2.41. The maximum atomic E-state index is 2.55. The van der Waals surface area contributed by atoms with Crippen LogP contribution in [0, 0.1) is 0 Å². The number of benzene rings is 2. The van der Waals surface area contributed by atoms with Crippen LogP contribution in [-0.2, 0) is 10.8 Å². The lowest BCUT2D eigenvalue weighted by molar-refractivity contribution is -0.451. The Morgan fingerprint density at radius 1 is 0.575 bits per heavy atom. The van der Waals surface area contributed by atoms with Gasteiger partial charge in [-0.2, -0.15) is 9.15 Å². The SMILES string of the molecule is CN(C)C=CC=CC1=[N+](CCCC[N+]2=C(C=CC=CN(C)C)C(C)(C)c3ccccc32)c2ccccc2C1(C)C. The quantitative estimate of drug-likeness (QED) is 0.171. The summed E-state index contributed by atoms with van der Waals surface area (Å²) in [5.41, 5.74) is 8.20.